The zero-order valence-corrected chi connectivity index (χ0v) is 6.14. The van der Waals surface area contributed by atoms with Gasteiger partial charge in [-0.15, -0.1) is 0 Å². The fourth-order valence-electron chi connectivity index (χ4n) is 1.06. The van der Waals surface area contributed by atoms with Crippen LogP contribution in [0.15, 0.2) is 27.1 Å². The first-order valence-electron chi connectivity index (χ1n) is 3.44. The van der Waals surface area contributed by atoms with Crippen LogP contribution in [0.5, 0.6) is 0 Å². The van der Waals surface area contributed by atoms with Gasteiger partial charge in [0.25, 0.3) is 5.91 Å². The number of hydrogen-bond acceptors (Lipinski definition) is 4. The van der Waals surface area contributed by atoms with Crippen LogP contribution >= 0.6 is 0 Å². The average Bonchev–Trinajstić information content (AvgIpc) is 2.04. The molecule has 1 unspecified atom stereocenters. The van der Waals surface area contributed by atoms with Gasteiger partial charge in [-0.05, 0) is 12.2 Å². The minimum Gasteiger partial charge on any atom is -0.368 e. The summed E-state index contributed by atoms with van der Waals surface area (Å²) in [6.45, 7) is 0. The topological polar surface area (TPSA) is 80.2 Å². The predicted molar refractivity (Wildman–Crippen MR) is 45.5 cm³/mol. The van der Waals surface area contributed by atoms with Gasteiger partial charge in [0.05, 0.1) is 5.71 Å². The van der Waals surface area contributed by atoms with E-state index < -0.39 is 6.04 Å². The second-order valence-electron chi connectivity index (χ2n) is 2.40. The van der Waals surface area contributed by atoms with Gasteiger partial charge in [-0.25, -0.2) is 4.99 Å². The molecule has 60 valence electrons. The number of nitrogens with two attached hydrogens (primary N) is 1. The van der Waals surface area contributed by atoms with Crippen LogP contribution in [0.1, 0.15) is 0 Å². The predicted octanol–water partition coefficient (Wildman–Crippen LogP) is -0.709. The lowest BCUT2D eigenvalue weighted by Crippen LogP contribution is -2.34. The zero-order valence-electron chi connectivity index (χ0n) is 6.14. The Bertz CT molecular complexity index is 350. The molecule has 0 radical (unpaired) electrons. The molecule has 12 heavy (non-hydrogen) atoms. The van der Waals surface area contributed by atoms with Crippen LogP contribution < -0.4 is 5.73 Å². The monoisotopic (exact) mass is 162 g/mol. The molecule has 2 rings (SSSR count). The van der Waals surface area contributed by atoms with Crippen molar-refractivity contribution in [2.75, 3.05) is 0 Å². The summed E-state index contributed by atoms with van der Waals surface area (Å²) in [5, 5.41) is 0. The summed E-state index contributed by atoms with van der Waals surface area (Å²) < 4.78 is 0. The third kappa shape index (κ3) is 0.952. The van der Waals surface area contributed by atoms with E-state index in [0.29, 0.717) is 5.71 Å². The van der Waals surface area contributed by atoms with E-state index in [0.717, 1.165) is 0 Å². The maximum Gasteiger partial charge on any atom is 0.279 e. The first-order chi connectivity index (χ1) is 5.77. The summed E-state index contributed by atoms with van der Waals surface area (Å²) >= 11 is 0. The summed E-state index contributed by atoms with van der Waals surface area (Å²) in [7, 11) is 0. The normalized spacial score (nSPS) is 26.3. The highest BCUT2D eigenvalue weighted by Gasteiger charge is 2.26. The van der Waals surface area contributed by atoms with E-state index in [1.165, 1.54) is 0 Å². The van der Waals surface area contributed by atoms with Crippen molar-refractivity contribution in [3.05, 3.63) is 12.2 Å². The number of allylic oxidation sites excluding steroid dienone is 1. The number of nitrogens with zero attached hydrogens (tertiary/aromatic N) is 3. The number of carbonyl (C=O) groups is 1. The van der Waals surface area contributed by atoms with Crippen molar-refractivity contribution in [2.45, 2.75) is 6.04 Å². The standard InChI is InChI=1S/C7H6N4O/c8-7-10-4-2-1-3-9-5(4)6(12)11-7/h1-3,5H,(H2,8,11,12). The van der Waals surface area contributed by atoms with Crippen molar-refractivity contribution in [2.24, 2.45) is 20.7 Å². The van der Waals surface area contributed by atoms with Crippen LogP contribution in [0.2, 0.25) is 0 Å². The lowest BCUT2D eigenvalue weighted by atomic mass is 10.1. The number of amides is 1. The van der Waals surface area contributed by atoms with Crippen molar-refractivity contribution >= 4 is 23.8 Å². The molecule has 2 N–H and O–H groups in total. The van der Waals surface area contributed by atoms with Crippen molar-refractivity contribution in [3.63, 3.8) is 0 Å². The molecular weight excluding hydrogens is 156 g/mol. The number of hydrogen-bond donors (Lipinski definition) is 1. The van der Waals surface area contributed by atoms with Gasteiger partial charge in [0.15, 0.2) is 6.04 Å². The van der Waals surface area contributed by atoms with Gasteiger partial charge in [0, 0.05) is 6.21 Å². The highest BCUT2D eigenvalue weighted by molar-refractivity contribution is 6.24. The first-order valence-corrected chi connectivity index (χ1v) is 3.44. The van der Waals surface area contributed by atoms with Crippen LogP contribution in [-0.4, -0.2) is 29.8 Å². The Morgan fingerprint density at radius 2 is 2.25 bits per heavy atom. The van der Waals surface area contributed by atoms with Gasteiger partial charge in [-0.1, -0.05) is 0 Å². The summed E-state index contributed by atoms with van der Waals surface area (Å²) in [6.07, 6.45) is 4.97. The highest BCUT2D eigenvalue weighted by atomic mass is 16.1. The SMILES string of the molecule is NC1=NC(=O)C2N=CC=CC2=N1. The molecule has 0 aromatic rings. The van der Waals surface area contributed by atoms with Crippen molar-refractivity contribution < 1.29 is 4.79 Å². The number of rotatable bonds is 0. The molecule has 2 aliphatic rings. The maximum absolute atomic E-state index is 11.1. The fourth-order valence-corrected chi connectivity index (χ4v) is 1.06. The summed E-state index contributed by atoms with van der Waals surface area (Å²) in [6, 6.07) is -0.567. The molecular formula is C7H6N4O. The maximum atomic E-state index is 11.1. The van der Waals surface area contributed by atoms with Crippen molar-refractivity contribution in [1.29, 1.82) is 0 Å². The lowest BCUT2D eigenvalue weighted by molar-refractivity contribution is -0.117. The molecule has 5 nitrogen and oxygen atoms in total. The van der Waals surface area contributed by atoms with Crippen LogP contribution in [0.3, 0.4) is 0 Å². The Labute approximate surface area is 68.4 Å². The van der Waals surface area contributed by atoms with Gasteiger partial charge in [0.1, 0.15) is 0 Å². The lowest BCUT2D eigenvalue weighted by Gasteiger charge is -2.14. The Morgan fingerprint density at radius 1 is 1.42 bits per heavy atom. The largest absolute Gasteiger partial charge is 0.368 e. The molecule has 0 fully saturated rings. The number of guanidine groups is 1. The van der Waals surface area contributed by atoms with E-state index in [-0.39, 0.29) is 11.9 Å². The molecule has 0 bridgehead atoms. The Kier molecular flexibility index (Phi) is 1.36. The molecule has 0 saturated carbocycles. The number of carbonyl (C=O) groups excluding carboxylic acids is 1. The second kappa shape index (κ2) is 2.37. The molecule has 0 aliphatic carbocycles. The number of aliphatic imine (C=N–C) groups is 3. The Balaban J connectivity index is 2.45. The van der Waals surface area contributed by atoms with Gasteiger partial charge >= 0.3 is 0 Å². The molecule has 2 aliphatic heterocycles. The molecule has 2 heterocycles. The molecule has 5 heteroatoms. The third-order valence-electron chi connectivity index (χ3n) is 1.57. The van der Waals surface area contributed by atoms with Crippen LogP contribution in [0, 0.1) is 0 Å². The van der Waals surface area contributed by atoms with Crippen molar-refractivity contribution in [3.8, 4) is 0 Å². The van der Waals surface area contributed by atoms with Gasteiger partial charge in [-0.2, -0.15) is 4.99 Å². The third-order valence-corrected chi connectivity index (χ3v) is 1.57. The minimum atomic E-state index is -0.567. The molecule has 1 amide bonds. The Morgan fingerprint density at radius 3 is 3.08 bits per heavy atom. The summed E-state index contributed by atoms with van der Waals surface area (Å²) in [5.74, 6) is -0.342. The quantitative estimate of drug-likeness (QED) is 0.510. The van der Waals surface area contributed by atoms with Crippen LogP contribution in [0.25, 0.3) is 0 Å². The van der Waals surface area contributed by atoms with E-state index in [1.54, 1.807) is 18.4 Å². The average molecular weight is 162 g/mol. The number of dihydropyridines is 1. The molecule has 0 aromatic heterocycles. The number of fused-ring (bicyclic) bond motifs is 1. The second-order valence-corrected chi connectivity index (χ2v) is 2.40. The van der Waals surface area contributed by atoms with E-state index >= 15 is 0 Å². The minimum absolute atomic E-state index is 0.00741. The van der Waals surface area contributed by atoms with E-state index in [9.17, 15) is 4.79 Å². The van der Waals surface area contributed by atoms with Gasteiger partial charge < -0.3 is 5.73 Å². The molecule has 0 spiro atoms. The zero-order chi connectivity index (χ0) is 8.55. The molecule has 0 aromatic carbocycles. The summed E-state index contributed by atoms with van der Waals surface area (Å²) in [5.41, 5.74) is 5.85. The van der Waals surface area contributed by atoms with Gasteiger partial charge in [-0.3, -0.25) is 9.79 Å². The molecule has 1 atom stereocenters. The van der Waals surface area contributed by atoms with Gasteiger partial charge in [0.2, 0.25) is 5.96 Å². The first kappa shape index (κ1) is 6.90. The highest BCUT2D eigenvalue weighted by Crippen LogP contribution is 2.08. The van der Waals surface area contributed by atoms with Crippen molar-refractivity contribution in [1.82, 2.24) is 0 Å². The van der Waals surface area contributed by atoms with E-state index in [1.807, 2.05) is 0 Å². The molecule has 0 saturated heterocycles. The summed E-state index contributed by atoms with van der Waals surface area (Å²) in [4.78, 5) is 22.4. The van der Waals surface area contributed by atoms with Crippen LogP contribution in [-0.2, 0) is 4.79 Å². The van der Waals surface area contributed by atoms with E-state index in [4.69, 9.17) is 5.73 Å². The van der Waals surface area contributed by atoms with E-state index in [2.05, 4.69) is 15.0 Å². The fraction of sp³-hybridized carbons (Fsp3) is 0.143. The Hall–Kier alpha value is -1.78. The smallest absolute Gasteiger partial charge is 0.279 e. The van der Waals surface area contributed by atoms with Crippen LogP contribution in [0.4, 0.5) is 0 Å².